The van der Waals surface area contributed by atoms with Crippen LogP contribution in [0.2, 0.25) is 0 Å². The molecule has 0 amide bonds. The lowest BCUT2D eigenvalue weighted by atomic mass is 10.1. The molecule has 0 aliphatic heterocycles. The number of hydrogen-bond donors (Lipinski definition) is 1. The number of rotatable bonds is 2. The van der Waals surface area contributed by atoms with E-state index in [-0.39, 0.29) is 0 Å². The number of benzene rings is 2. The zero-order valence-corrected chi connectivity index (χ0v) is 10.7. The second-order valence-corrected chi connectivity index (χ2v) is 4.60. The van der Waals surface area contributed by atoms with E-state index in [0.29, 0.717) is 0 Å². The highest BCUT2D eigenvalue weighted by Crippen LogP contribution is 2.22. The maximum Gasteiger partial charge on any atom is 0.0877 e. The van der Waals surface area contributed by atoms with Crippen molar-refractivity contribution in [3.63, 3.8) is 0 Å². The second-order valence-electron chi connectivity index (χ2n) is 4.60. The van der Waals surface area contributed by atoms with Gasteiger partial charge >= 0.3 is 0 Å². The summed E-state index contributed by atoms with van der Waals surface area (Å²) in [4.78, 5) is 0. The van der Waals surface area contributed by atoms with Gasteiger partial charge in [0.2, 0.25) is 0 Å². The Balaban J connectivity index is 2.04. The van der Waals surface area contributed by atoms with Crippen molar-refractivity contribution < 1.29 is 0 Å². The number of aromatic nitrogens is 2. The summed E-state index contributed by atoms with van der Waals surface area (Å²) in [5.74, 6) is 0. The lowest BCUT2D eigenvalue weighted by Crippen LogP contribution is -2.00. The first kappa shape index (κ1) is 11.5. The SMILES string of the molecule is Cc1ccc(N)c(-n2cc(-c3ccccc3)cn2)c1. The topological polar surface area (TPSA) is 43.8 Å². The number of aryl methyl sites for hydroxylation is 1. The van der Waals surface area contributed by atoms with Crippen LogP contribution in [0.5, 0.6) is 0 Å². The molecule has 1 aromatic heterocycles. The van der Waals surface area contributed by atoms with Crippen molar-refractivity contribution in [1.29, 1.82) is 0 Å². The molecule has 0 aliphatic rings. The van der Waals surface area contributed by atoms with Gasteiger partial charge in [0.1, 0.15) is 0 Å². The molecular weight excluding hydrogens is 234 g/mol. The zero-order chi connectivity index (χ0) is 13.2. The van der Waals surface area contributed by atoms with Crippen LogP contribution >= 0.6 is 0 Å². The van der Waals surface area contributed by atoms with E-state index in [1.54, 1.807) is 0 Å². The molecule has 0 saturated carbocycles. The fourth-order valence-electron chi connectivity index (χ4n) is 2.09. The second kappa shape index (κ2) is 4.61. The van der Waals surface area contributed by atoms with Gasteiger partial charge in [0.05, 0.1) is 17.6 Å². The minimum atomic E-state index is 0.730. The van der Waals surface area contributed by atoms with Crippen LogP contribution in [0.3, 0.4) is 0 Å². The molecule has 0 radical (unpaired) electrons. The molecule has 0 unspecified atom stereocenters. The summed E-state index contributed by atoms with van der Waals surface area (Å²) in [6, 6.07) is 16.1. The third-order valence-corrected chi connectivity index (χ3v) is 3.12. The van der Waals surface area contributed by atoms with Gasteiger partial charge in [-0.3, -0.25) is 0 Å². The van der Waals surface area contributed by atoms with Crippen molar-refractivity contribution in [1.82, 2.24) is 9.78 Å². The van der Waals surface area contributed by atoms with E-state index in [2.05, 4.69) is 17.2 Å². The Morgan fingerprint density at radius 3 is 2.58 bits per heavy atom. The van der Waals surface area contributed by atoms with Gasteiger partial charge in [-0.1, -0.05) is 36.4 Å². The number of nitrogens with zero attached hydrogens (tertiary/aromatic N) is 2. The quantitative estimate of drug-likeness (QED) is 0.707. The standard InChI is InChI=1S/C16H15N3/c1-12-7-8-15(17)16(9-12)19-11-14(10-18-19)13-5-3-2-4-6-13/h2-11H,17H2,1H3. The smallest absolute Gasteiger partial charge is 0.0877 e. The highest BCUT2D eigenvalue weighted by molar-refractivity contribution is 5.64. The van der Waals surface area contributed by atoms with Crippen LogP contribution in [-0.2, 0) is 0 Å². The zero-order valence-electron chi connectivity index (χ0n) is 10.7. The molecule has 0 atom stereocenters. The fourth-order valence-corrected chi connectivity index (χ4v) is 2.09. The fraction of sp³-hybridized carbons (Fsp3) is 0.0625. The maximum absolute atomic E-state index is 6.01. The van der Waals surface area contributed by atoms with E-state index in [0.717, 1.165) is 22.5 Å². The van der Waals surface area contributed by atoms with Gasteiger partial charge < -0.3 is 5.73 Å². The Kier molecular flexibility index (Phi) is 2.80. The molecule has 1 heterocycles. The number of anilines is 1. The molecule has 0 spiro atoms. The van der Waals surface area contributed by atoms with E-state index in [1.165, 1.54) is 5.56 Å². The van der Waals surface area contributed by atoms with E-state index in [9.17, 15) is 0 Å². The lowest BCUT2D eigenvalue weighted by molar-refractivity contribution is 0.882. The summed E-state index contributed by atoms with van der Waals surface area (Å²) < 4.78 is 1.82. The Labute approximate surface area is 112 Å². The molecular formula is C16H15N3. The summed E-state index contributed by atoms with van der Waals surface area (Å²) >= 11 is 0. The van der Waals surface area contributed by atoms with Gasteiger partial charge in [0.25, 0.3) is 0 Å². The van der Waals surface area contributed by atoms with Crippen LogP contribution in [0.25, 0.3) is 16.8 Å². The number of nitrogen functional groups attached to an aromatic ring is 1. The molecule has 2 aromatic carbocycles. The summed E-state index contributed by atoms with van der Waals surface area (Å²) in [7, 11) is 0. The van der Waals surface area contributed by atoms with Crippen molar-refractivity contribution in [2.75, 3.05) is 5.73 Å². The molecule has 0 aliphatic carbocycles. The predicted octanol–water partition coefficient (Wildman–Crippen LogP) is 3.43. The van der Waals surface area contributed by atoms with Crippen molar-refractivity contribution in [2.45, 2.75) is 6.92 Å². The molecule has 94 valence electrons. The summed E-state index contributed by atoms with van der Waals surface area (Å²) in [6.45, 7) is 2.05. The number of nitrogens with two attached hydrogens (primary N) is 1. The highest BCUT2D eigenvalue weighted by Gasteiger charge is 2.06. The largest absolute Gasteiger partial charge is 0.397 e. The van der Waals surface area contributed by atoms with E-state index >= 15 is 0 Å². The van der Waals surface area contributed by atoms with Crippen LogP contribution in [0, 0.1) is 6.92 Å². The lowest BCUT2D eigenvalue weighted by Gasteiger charge is -2.06. The van der Waals surface area contributed by atoms with E-state index in [4.69, 9.17) is 5.73 Å². The van der Waals surface area contributed by atoms with E-state index in [1.807, 2.05) is 60.4 Å². The van der Waals surface area contributed by atoms with Crippen molar-refractivity contribution in [3.8, 4) is 16.8 Å². The summed E-state index contributed by atoms with van der Waals surface area (Å²) in [6.07, 6.45) is 3.86. The molecule has 0 bridgehead atoms. The van der Waals surface area contributed by atoms with Crippen molar-refractivity contribution in [3.05, 3.63) is 66.5 Å². The molecule has 0 fully saturated rings. The van der Waals surface area contributed by atoms with Gasteiger partial charge in [-0.05, 0) is 30.2 Å². The first-order valence-electron chi connectivity index (χ1n) is 6.20. The highest BCUT2D eigenvalue weighted by atomic mass is 15.3. The Bertz CT molecular complexity index is 699. The summed E-state index contributed by atoms with van der Waals surface area (Å²) in [5, 5.41) is 4.40. The van der Waals surface area contributed by atoms with Gasteiger partial charge in [0, 0.05) is 11.8 Å². The Hall–Kier alpha value is -2.55. The van der Waals surface area contributed by atoms with Crippen LogP contribution in [0.1, 0.15) is 5.56 Å². The first-order valence-corrected chi connectivity index (χ1v) is 6.20. The molecule has 3 nitrogen and oxygen atoms in total. The molecule has 3 aromatic rings. The Morgan fingerprint density at radius 1 is 1.00 bits per heavy atom. The summed E-state index contributed by atoms with van der Waals surface area (Å²) in [5.41, 5.74) is 11.1. The van der Waals surface area contributed by atoms with Crippen LogP contribution in [0.15, 0.2) is 60.9 Å². The minimum absolute atomic E-state index is 0.730. The molecule has 2 N–H and O–H groups in total. The average Bonchev–Trinajstić information content (AvgIpc) is 2.92. The van der Waals surface area contributed by atoms with Gasteiger partial charge in [0.15, 0.2) is 0 Å². The normalized spacial score (nSPS) is 10.6. The Morgan fingerprint density at radius 2 is 1.79 bits per heavy atom. The van der Waals surface area contributed by atoms with E-state index < -0.39 is 0 Å². The maximum atomic E-state index is 6.01. The third-order valence-electron chi connectivity index (χ3n) is 3.12. The molecule has 19 heavy (non-hydrogen) atoms. The van der Waals surface area contributed by atoms with Crippen molar-refractivity contribution in [2.24, 2.45) is 0 Å². The predicted molar refractivity (Wildman–Crippen MR) is 78.1 cm³/mol. The average molecular weight is 249 g/mol. The minimum Gasteiger partial charge on any atom is -0.397 e. The third kappa shape index (κ3) is 2.22. The van der Waals surface area contributed by atoms with Gasteiger partial charge in [-0.2, -0.15) is 5.10 Å². The molecule has 0 saturated heterocycles. The number of hydrogen-bond acceptors (Lipinski definition) is 2. The van der Waals surface area contributed by atoms with Crippen LogP contribution in [-0.4, -0.2) is 9.78 Å². The molecule has 3 rings (SSSR count). The van der Waals surface area contributed by atoms with Gasteiger partial charge in [-0.25, -0.2) is 4.68 Å². The first-order chi connectivity index (χ1) is 9.24. The van der Waals surface area contributed by atoms with Crippen LogP contribution < -0.4 is 5.73 Å². The van der Waals surface area contributed by atoms with Crippen molar-refractivity contribution >= 4 is 5.69 Å². The van der Waals surface area contributed by atoms with Gasteiger partial charge in [-0.15, -0.1) is 0 Å². The molecule has 3 heteroatoms. The monoisotopic (exact) mass is 249 g/mol. The van der Waals surface area contributed by atoms with Crippen LogP contribution in [0.4, 0.5) is 5.69 Å².